The van der Waals surface area contributed by atoms with E-state index in [0.717, 1.165) is 43.6 Å². The Morgan fingerprint density at radius 3 is 2.30 bits per heavy atom. The van der Waals surface area contributed by atoms with Crippen molar-refractivity contribution in [3.63, 3.8) is 0 Å². The molecule has 0 atom stereocenters. The largest absolute Gasteiger partial charge is 0.491 e. The topological polar surface area (TPSA) is 40.6 Å². The molecule has 5 heteroatoms. The zero-order chi connectivity index (χ0) is 23.3. The van der Waals surface area contributed by atoms with Crippen molar-refractivity contribution in [2.24, 2.45) is 5.92 Å². The number of nitrogens with zero attached hydrogens (tertiary/aromatic N) is 1. The van der Waals surface area contributed by atoms with E-state index in [4.69, 9.17) is 14.2 Å². The fourth-order valence-corrected chi connectivity index (χ4v) is 4.14. The van der Waals surface area contributed by atoms with Crippen molar-refractivity contribution < 1.29 is 18.6 Å². The van der Waals surface area contributed by atoms with E-state index in [1.165, 1.54) is 51.0 Å². The lowest BCUT2D eigenvalue weighted by atomic mass is 10.0. The first kappa shape index (κ1) is 25.6. The van der Waals surface area contributed by atoms with E-state index in [1.807, 2.05) is 18.2 Å². The van der Waals surface area contributed by atoms with Gasteiger partial charge < -0.3 is 14.2 Å². The zero-order valence-electron chi connectivity index (χ0n) is 20.4. The molecule has 0 radical (unpaired) electrons. The second kappa shape index (κ2) is 14.3. The molecule has 0 N–H and O–H groups in total. The van der Waals surface area contributed by atoms with Gasteiger partial charge in [-0.3, -0.25) is 4.98 Å². The molecule has 0 unspecified atom stereocenters. The van der Waals surface area contributed by atoms with Gasteiger partial charge in [-0.15, -0.1) is 0 Å². The van der Waals surface area contributed by atoms with Crippen molar-refractivity contribution in [3.8, 4) is 17.0 Å². The summed E-state index contributed by atoms with van der Waals surface area (Å²) in [6.45, 7) is 6.41. The molecule has 1 aliphatic heterocycles. The minimum atomic E-state index is -0.372. The monoisotopic (exact) mass is 457 g/mol. The molecule has 0 spiro atoms. The Hall–Kier alpha value is -1.98. The van der Waals surface area contributed by atoms with E-state index in [0.29, 0.717) is 24.0 Å². The van der Waals surface area contributed by atoms with Crippen molar-refractivity contribution >= 4 is 0 Å². The normalized spacial score (nSPS) is 18.4. The van der Waals surface area contributed by atoms with E-state index in [1.54, 1.807) is 12.3 Å². The summed E-state index contributed by atoms with van der Waals surface area (Å²) in [5.41, 5.74) is 2.34. The smallest absolute Gasteiger partial charge is 0.185 e. The third-order valence-electron chi connectivity index (χ3n) is 6.22. The number of hydrogen-bond acceptors (Lipinski definition) is 4. The first-order valence-corrected chi connectivity index (χ1v) is 12.8. The van der Waals surface area contributed by atoms with Gasteiger partial charge in [0.05, 0.1) is 25.5 Å². The lowest BCUT2D eigenvalue weighted by Crippen LogP contribution is -2.27. The summed E-state index contributed by atoms with van der Waals surface area (Å²) in [6, 6.07) is 8.87. The minimum absolute atomic E-state index is 0.302. The number of aromatic nitrogens is 1. The average molecular weight is 458 g/mol. The van der Waals surface area contributed by atoms with Gasteiger partial charge in [-0.2, -0.15) is 0 Å². The molecule has 0 aliphatic carbocycles. The molecule has 0 saturated carbocycles. The second-order valence-electron chi connectivity index (χ2n) is 9.10. The van der Waals surface area contributed by atoms with Gasteiger partial charge in [-0.05, 0) is 37.1 Å². The van der Waals surface area contributed by atoms with E-state index >= 15 is 0 Å². The number of unbranched alkanes of at least 4 members (excludes halogenated alkanes) is 7. The van der Waals surface area contributed by atoms with Crippen molar-refractivity contribution in [2.75, 3.05) is 19.8 Å². The summed E-state index contributed by atoms with van der Waals surface area (Å²) >= 11 is 0. The maximum absolute atomic E-state index is 14.5. The van der Waals surface area contributed by atoms with Crippen LogP contribution in [0.2, 0.25) is 0 Å². The summed E-state index contributed by atoms with van der Waals surface area (Å²) in [5.74, 6) is 0.426. The van der Waals surface area contributed by atoms with Gasteiger partial charge in [-0.25, -0.2) is 4.39 Å². The van der Waals surface area contributed by atoms with Crippen molar-refractivity contribution in [1.82, 2.24) is 4.98 Å². The first-order chi connectivity index (χ1) is 16.2. The molecule has 182 valence electrons. The number of halogens is 1. The quantitative estimate of drug-likeness (QED) is 0.271. The van der Waals surface area contributed by atoms with Crippen LogP contribution in [0.4, 0.5) is 4.39 Å². The van der Waals surface area contributed by atoms with Crippen LogP contribution in [0, 0.1) is 11.7 Å². The Morgan fingerprint density at radius 2 is 1.64 bits per heavy atom. The number of hydrogen-bond donors (Lipinski definition) is 0. The Morgan fingerprint density at radius 1 is 0.909 bits per heavy atom. The molecule has 1 aliphatic rings. The number of pyridine rings is 1. The van der Waals surface area contributed by atoms with Gasteiger partial charge in [-0.1, -0.05) is 71.3 Å². The standard InChI is InChI=1S/C28H40FNO3/c1-3-5-7-9-10-12-22-20-32-28(33-21-22)24-13-15-26(30-19-24)23-14-16-27(25(29)18-23)31-17-11-8-6-4-2/h13-16,18-19,22,28H,3-12,17,20-21H2,1-2H3/t22-,28-. The fourth-order valence-electron chi connectivity index (χ4n) is 4.14. The summed E-state index contributed by atoms with van der Waals surface area (Å²) in [6.07, 6.45) is 13.4. The molecule has 0 amide bonds. The second-order valence-corrected chi connectivity index (χ2v) is 9.10. The number of benzene rings is 1. The van der Waals surface area contributed by atoms with Gasteiger partial charge in [0.1, 0.15) is 0 Å². The summed E-state index contributed by atoms with van der Waals surface area (Å²) in [4.78, 5) is 4.52. The molecular weight excluding hydrogens is 417 g/mol. The van der Waals surface area contributed by atoms with E-state index in [9.17, 15) is 4.39 Å². The van der Waals surface area contributed by atoms with Gasteiger partial charge in [0.2, 0.25) is 0 Å². The predicted octanol–water partition coefficient (Wildman–Crippen LogP) is 7.87. The van der Waals surface area contributed by atoms with Crippen molar-refractivity contribution in [3.05, 3.63) is 47.9 Å². The van der Waals surface area contributed by atoms with Crippen LogP contribution in [-0.4, -0.2) is 24.8 Å². The molecule has 1 aromatic carbocycles. The van der Waals surface area contributed by atoms with Crippen LogP contribution in [-0.2, 0) is 9.47 Å². The lowest BCUT2D eigenvalue weighted by Gasteiger charge is -2.29. The number of rotatable bonds is 14. The van der Waals surface area contributed by atoms with Gasteiger partial charge in [0.25, 0.3) is 0 Å². The van der Waals surface area contributed by atoms with E-state index in [-0.39, 0.29) is 12.1 Å². The van der Waals surface area contributed by atoms with Gasteiger partial charge in [0, 0.05) is 23.2 Å². The molecule has 4 nitrogen and oxygen atoms in total. The molecule has 1 fully saturated rings. The lowest BCUT2D eigenvalue weighted by molar-refractivity contribution is -0.206. The Bertz CT molecular complexity index is 803. The Balaban J connectivity index is 1.46. The number of ether oxygens (including phenoxy) is 3. The highest BCUT2D eigenvalue weighted by atomic mass is 19.1. The molecule has 3 rings (SSSR count). The zero-order valence-corrected chi connectivity index (χ0v) is 20.4. The minimum Gasteiger partial charge on any atom is -0.491 e. The molecule has 33 heavy (non-hydrogen) atoms. The van der Waals surface area contributed by atoms with Crippen LogP contribution in [0.5, 0.6) is 5.75 Å². The maximum Gasteiger partial charge on any atom is 0.185 e. The van der Waals surface area contributed by atoms with E-state index < -0.39 is 0 Å². The first-order valence-electron chi connectivity index (χ1n) is 12.8. The van der Waals surface area contributed by atoms with Crippen molar-refractivity contribution in [2.45, 2.75) is 84.3 Å². The summed E-state index contributed by atoms with van der Waals surface area (Å²) in [7, 11) is 0. The van der Waals surface area contributed by atoms with Crippen LogP contribution in [0.25, 0.3) is 11.3 Å². The molecule has 2 heterocycles. The predicted molar refractivity (Wildman–Crippen MR) is 131 cm³/mol. The van der Waals surface area contributed by atoms with Gasteiger partial charge >= 0.3 is 0 Å². The molecule has 1 aromatic heterocycles. The Kier molecular flexibility index (Phi) is 11.1. The van der Waals surface area contributed by atoms with Crippen LogP contribution in [0.3, 0.4) is 0 Å². The van der Waals surface area contributed by atoms with E-state index in [2.05, 4.69) is 18.8 Å². The summed E-state index contributed by atoms with van der Waals surface area (Å²) < 4.78 is 32.0. The van der Waals surface area contributed by atoms with Crippen LogP contribution < -0.4 is 4.74 Å². The molecular formula is C28H40FNO3. The molecule has 2 aromatic rings. The maximum atomic E-state index is 14.5. The highest BCUT2D eigenvalue weighted by Crippen LogP contribution is 2.29. The van der Waals surface area contributed by atoms with Crippen LogP contribution in [0.15, 0.2) is 36.5 Å². The van der Waals surface area contributed by atoms with Gasteiger partial charge in [0.15, 0.2) is 17.9 Å². The fraction of sp³-hybridized carbons (Fsp3) is 0.607. The molecule has 0 bridgehead atoms. The third kappa shape index (κ3) is 8.38. The van der Waals surface area contributed by atoms with Crippen LogP contribution in [0.1, 0.15) is 89.9 Å². The SMILES string of the molecule is CCCCCCC[C@H]1CO[C@H](c2ccc(-c3ccc(OCCCCCC)c(F)c3)nc2)OC1. The third-order valence-corrected chi connectivity index (χ3v) is 6.22. The highest BCUT2D eigenvalue weighted by molar-refractivity contribution is 5.60. The van der Waals surface area contributed by atoms with Crippen LogP contribution >= 0.6 is 0 Å². The van der Waals surface area contributed by atoms with Crippen molar-refractivity contribution in [1.29, 1.82) is 0 Å². The molecule has 1 saturated heterocycles. The highest BCUT2D eigenvalue weighted by Gasteiger charge is 2.23. The Labute approximate surface area is 198 Å². The summed E-state index contributed by atoms with van der Waals surface area (Å²) in [5, 5.41) is 0. The average Bonchev–Trinajstić information content (AvgIpc) is 2.85.